The second-order valence-electron chi connectivity index (χ2n) is 5.20. The number of fused-ring (bicyclic) bond motifs is 1. The Balaban J connectivity index is 2.18. The van der Waals surface area contributed by atoms with E-state index in [1.165, 1.54) is 0 Å². The molecule has 0 aliphatic carbocycles. The summed E-state index contributed by atoms with van der Waals surface area (Å²) in [5.74, 6) is -0.177. The normalized spacial score (nSPS) is 12.8. The highest BCUT2D eigenvalue weighted by molar-refractivity contribution is 5.95. The molecule has 0 radical (unpaired) electrons. The van der Waals surface area contributed by atoms with Gasteiger partial charge in [-0.05, 0) is 26.3 Å². The van der Waals surface area contributed by atoms with Crippen molar-refractivity contribution in [3.63, 3.8) is 0 Å². The van der Waals surface area contributed by atoms with Crippen LogP contribution < -0.4 is 11.1 Å². The molecule has 108 valence electrons. The Morgan fingerprint density at radius 1 is 1.45 bits per heavy atom. The molecule has 6 heteroatoms. The average Bonchev–Trinajstić information content (AvgIpc) is 2.82. The van der Waals surface area contributed by atoms with Gasteiger partial charge in [0.25, 0.3) is 0 Å². The molecule has 2 aromatic heterocycles. The van der Waals surface area contributed by atoms with Crippen molar-refractivity contribution in [2.24, 2.45) is 5.73 Å². The quantitative estimate of drug-likeness (QED) is 0.874. The summed E-state index contributed by atoms with van der Waals surface area (Å²) >= 11 is 0. The van der Waals surface area contributed by atoms with Gasteiger partial charge in [-0.15, -0.1) is 0 Å². The fourth-order valence-electron chi connectivity index (χ4n) is 2.06. The SMILES string of the molecule is CCC[C@@H](N)C(=O)Nc1cnc2c(cnn2C(C)C)c1. The van der Waals surface area contributed by atoms with Gasteiger partial charge in [0.1, 0.15) is 0 Å². The smallest absolute Gasteiger partial charge is 0.241 e. The van der Waals surface area contributed by atoms with Crippen LogP contribution in [0.5, 0.6) is 0 Å². The molecule has 3 N–H and O–H groups in total. The number of rotatable bonds is 5. The van der Waals surface area contributed by atoms with Gasteiger partial charge in [-0.2, -0.15) is 5.10 Å². The minimum absolute atomic E-state index is 0.177. The van der Waals surface area contributed by atoms with Crippen LogP contribution in [0.15, 0.2) is 18.5 Å². The Labute approximate surface area is 118 Å². The zero-order chi connectivity index (χ0) is 14.7. The average molecular weight is 275 g/mol. The molecule has 0 saturated heterocycles. The molecule has 0 fully saturated rings. The molecule has 2 aromatic rings. The first-order chi connectivity index (χ1) is 9.52. The van der Waals surface area contributed by atoms with Gasteiger partial charge in [0.05, 0.1) is 24.1 Å². The number of amides is 1. The largest absolute Gasteiger partial charge is 0.323 e. The molecular formula is C14H21N5O. The molecule has 0 aromatic carbocycles. The van der Waals surface area contributed by atoms with Gasteiger partial charge in [0, 0.05) is 11.4 Å². The summed E-state index contributed by atoms with van der Waals surface area (Å²) in [6, 6.07) is 1.64. The highest BCUT2D eigenvalue weighted by Gasteiger charge is 2.13. The van der Waals surface area contributed by atoms with Crippen molar-refractivity contribution in [1.29, 1.82) is 0 Å². The minimum Gasteiger partial charge on any atom is -0.323 e. The lowest BCUT2D eigenvalue weighted by Crippen LogP contribution is -2.35. The number of pyridine rings is 1. The number of nitrogens with one attached hydrogen (secondary N) is 1. The Morgan fingerprint density at radius 3 is 2.85 bits per heavy atom. The van der Waals surface area contributed by atoms with Crippen LogP contribution in [0, 0.1) is 0 Å². The number of carbonyl (C=O) groups excluding carboxylic acids is 1. The summed E-state index contributed by atoms with van der Waals surface area (Å²) in [5.41, 5.74) is 7.25. The van der Waals surface area contributed by atoms with Gasteiger partial charge >= 0.3 is 0 Å². The molecular weight excluding hydrogens is 254 g/mol. The van der Waals surface area contributed by atoms with Crippen molar-refractivity contribution in [2.75, 3.05) is 5.32 Å². The molecule has 0 aliphatic heterocycles. The van der Waals surface area contributed by atoms with E-state index in [0.717, 1.165) is 17.5 Å². The summed E-state index contributed by atoms with van der Waals surface area (Å²) in [4.78, 5) is 16.2. The predicted octanol–water partition coefficient (Wildman–Crippen LogP) is 2.08. The molecule has 0 bridgehead atoms. The maximum atomic E-state index is 11.9. The lowest BCUT2D eigenvalue weighted by Gasteiger charge is -2.11. The van der Waals surface area contributed by atoms with Crippen LogP contribution in [0.4, 0.5) is 5.69 Å². The zero-order valence-electron chi connectivity index (χ0n) is 12.1. The maximum Gasteiger partial charge on any atom is 0.241 e. The molecule has 2 heterocycles. The van der Waals surface area contributed by atoms with E-state index in [2.05, 4.69) is 15.4 Å². The monoisotopic (exact) mass is 275 g/mol. The first-order valence-corrected chi connectivity index (χ1v) is 6.92. The third-order valence-corrected chi connectivity index (χ3v) is 3.13. The fourth-order valence-corrected chi connectivity index (χ4v) is 2.06. The molecule has 1 amide bonds. The third kappa shape index (κ3) is 2.96. The van der Waals surface area contributed by atoms with E-state index in [-0.39, 0.29) is 11.9 Å². The summed E-state index contributed by atoms with van der Waals surface area (Å²) in [6.07, 6.45) is 4.95. The van der Waals surface area contributed by atoms with E-state index in [1.54, 1.807) is 12.4 Å². The fraction of sp³-hybridized carbons (Fsp3) is 0.500. The third-order valence-electron chi connectivity index (χ3n) is 3.13. The first kappa shape index (κ1) is 14.5. The molecule has 6 nitrogen and oxygen atoms in total. The van der Waals surface area contributed by atoms with Gasteiger partial charge in [0.15, 0.2) is 5.65 Å². The van der Waals surface area contributed by atoms with Crippen LogP contribution in [0.25, 0.3) is 11.0 Å². The second kappa shape index (κ2) is 6.00. The highest BCUT2D eigenvalue weighted by atomic mass is 16.2. The lowest BCUT2D eigenvalue weighted by molar-refractivity contribution is -0.117. The number of carbonyl (C=O) groups is 1. The van der Waals surface area contributed by atoms with Gasteiger partial charge < -0.3 is 11.1 Å². The second-order valence-corrected chi connectivity index (χ2v) is 5.20. The summed E-state index contributed by atoms with van der Waals surface area (Å²) < 4.78 is 1.85. The van der Waals surface area contributed by atoms with Gasteiger partial charge in [-0.3, -0.25) is 4.79 Å². The Hall–Kier alpha value is -1.95. The van der Waals surface area contributed by atoms with Crippen LogP contribution >= 0.6 is 0 Å². The summed E-state index contributed by atoms with van der Waals surface area (Å²) in [5, 5.41) is 7.99. The highest BCUT2D eigenvalue weighted by Crippen LogP contribution is 2.19. The van der Waals surface area contributed by atoms with E-state index in [4.69, 9.17) is 5.73 Å². The molecule has 0 aliphatic rings. The standard InChI is InChI=1S/C14H21N5O/c1-4-5-12(15)14(20)18-11-6-10-7-17-19(9(2)3)13(10)16-8-11/h6-9,12H,4-5,15H2,1-3H3,(H,18,20)/t12-/m1/s1. The zero-order valence-corrected chi connectivity index (χ0v) is 12.1. The molecule has 0 saturated carbocycles. The topological polar surface area (TPSA) is 85.8 Å². The number of nitrogens with zero attached hydrogens (tertiary/aromatic N) is 3. The molecule has 1 atom stereocenters. The number of anilines is 1. The summed E-state index contributed by atoms with van der Waals surface area (Å²) in [6.45, 7) is 6.10. The van der Waals surface area contributed by atoms with Gasteiger partial charge in [-0.25, -0.2) is 9.67 Å². The van der Waals surface area contributed by atoms with Crippen LogP contribution in [0.2, 0.25) is 0 Å². The van der Waals surface area contributed by atoms with Gasteiger partial charge in [0.2, 0.25) is 5.91 Å². The predicted molar refractivity (Wildman–Crippen MR) is 79.4 cm³/mol. The van der Waals surface area contributed by atoms with Crippen molar-refractivity contribution in [2.45, 2.75) is 45.7 Å². The number of nitrogens with two attached hydrogens (primary N) is 1. The first-order valence-electron chi connectivity index (χ1n) is 6.92. The van der Waals surface area contributed by atoms with E-state index in [9.17, 15) is 4.79 Å². The van der Waals surface area contributed by atoms with E-state index < -0.39 is 6.04 Å². The number of hydrogen-bond donors (Lipinski definition) is 2. The Morgan fingerprint density at radius 2 is 2.20 bits per heavy atom. The van der Waals surface area contributed by atoms with Crippen LogP contribution in [-0.2, 0) is 4.79 Å². The molecule has 20 heavy (non-hydrogen) atoms. The van der Waals surface area contributed by atoms with Crippen molar-refractivity contribution in [3.8, 4) is 0 Å². The van der Waals surface area contributed by atoms with Crippen molar-refractivity contribution in [1.82, 2.24) is 14.8 Å². The number of hydrogen-bond acceptors (Lipinski definition) is 4. The minimum atomic E-state index is -0.478. The van der Waals surface area contributed by atoms with Crippen LogP contribution in [0.3, 0.4) is 0 Å². The number of aromatic nitrogens is 3. The van der Waals surface area contributed by atoms with Crippen LogP contribution in [-0.4, -0.2) is 26.7 Å². The van der Waals surface area contributed by atoms with Crippen LogP contribution in [0.1, 0.15) is 39.7 Å². The molecule has 0 spiro atoms. The Kier molecular flexibility index (Phi) is 4.34. The van der Waals surface area contributed by atoms with Crippen molar-refractivity contribution < 1.29 is 4.79 Å². The van der Waals surface area contributed by atoms with Crippen molar-refractivity contribution in [3.05, 3.63) is 18.5 Å². The van der Waals surface area contributed by atoms with Gasteiger partial charge in [-0.1, -0.05) is 13.3 Å². The van der Waals surface area contributed by atoms with E-state index in [0.29, 0.717) is 12.1 Å². The molecule has 2 rings (SSSR count). The molecule has 0 unspecified atom stereocenters. The van der Waals surface area contributed by atoms with E-state index in [1.807, 2.05) is 31.5 Å². The maximum absolute atomic E-state index is 11.9. The summed E-state index contributed by atoms with van der Waals surface area (Å²) in [7, 11) is 0. The Bertz CT molecular complexity index is 605. The lowest BCUT2D eigenvalue weighted by atomic mass is 10.1. The van der Waals surface area contributed by atoms with Crippen molar-refractivity contribution >= 4 is 22.6 Å². The van der Waals surface area contributed by atoms with E-state index >= 15 is 0 Å².